The van der Waals surface area contributed by atoms with Gasteiger partial charge in [-0.1, -0.05) is 0 Å². The van der Waals surface area contributed by atoms with Crippen LogP contribution in [0.3, 0.4) is 0 Å². The van der Waals surface area contributed by atoms with E-state index in [4.69, 9.17) is 15.6 Å². The summed E-state index contributed by atoms with van der Waals surface area (Å²) in [4.78, 5) is 14.3. The van der Waals surface area contributed by atoms with Crippen LogP contribution in [-0.2, 0) is 11.3 Å². The quantitative estimate of drug-likeness (QED) is 0.638. The molecule has 6 heteroatoms. The van der Waals surface area contributed by atoms with Gasteiger partial charge in [0.25, 0.3) is 5.56 Å². The van der Waals surface area contributed by atoms with E-state index in [-0.39, 0.29) is 24.2 Å². The fourth-order valence-electron chi connectivity index (χ4n) is 1.03. The summed E-state index contributed by atoms with van der Waals surface area (Å²) in [7, 11) is 1.49. The maximum Gasteiger partial charge on any atom is 0.274 e. The summed E-state index contributed by atoms with van der Waals surface area (Å²) in [5, 5.41) is 8.87. The third-order valence-corrected chi connectivity index (χ3v) is 1.85. The van der Waals surface area contributed by atoms with E-state index in [0.717, 1.165) is 0 Å². The molecule has 1 rings (SSSR count). The smallest absolute Gasteiger partial charge is 0.274 e. The fraction of sp³-hybridized carbons (Fsp3) is 0.500. The lowest BCUT2D eigenvalue weighted by Crippen LogP contribution is -2.25. The Morgan fingerprint density at radius 1 is 1.79 bits per heavy atom. The lowest BCUT2D eigenvalue weighted by Gasteiger charge is -2.15. The Hall–Kier alpha value is -1.40. The molecule has 14 heavy (non-hydrogen) atoms. The number of aliphatic hydroxyl groups is 1. The molecule has 0 spiro atoms. The van der Waals surface area contributed by atoms with Gasteiger partial charge in [-0.05, 0) is 0 Å². The Balaban J connectivity index is 2.81. The van der Waals surface area contributed by atoms with Crippen molar-refractivity contribution in [2.75, 3.05) is 19.5 Å². The van der Waals surface area contributed by atoms with Gasteiger partial charge >= 0.3 is 0 Å². The van der Waals surface area contributed by atoms with Gasteiger partial charge in [0.1, 0.15) is 0 Å². The minimum absolute atomic E-state index is 0.109. The Kier molecular flexibility index (Phi) is 3.61. The number of aliphatic hydroxyl groups excluding tert-OH is 1. The Labute approximate surface area is 80.9 Å². The first-order valence-electron chi connectivity index (χ1n) is 4.14. The van der Waals surface area contributed by atoms with Crippen LogP contribution in [0.2, 0.25) is 0 Å². The minimum Gasteiger partial charge on any atom is -0.394 e. The van der Waals surface area contributed by atoms with E-state index in [0.29, 0.717) is 6.54 Å². The summed E-state index contributed by atoms with van der Waals surface area (Å²) in [5.74, 6) is 0.119. The predicted octanol–water partition coefficient (Wildman–Crippen LogP) is -1.17. The van der Waals surface area contributed by atoms with Crippen molar-refractivity contribution < 1.29 is 9.84 Å². The Morgan fingerprint density at radius 3 is 3.00 bits per heavy atom. The van der Waals surface area contributed by atoms with Crippen molar-refractivity contribution in [3.63, 3.8) is 0 Å². The van der Waals surface area contributed by atoms with Crippen LogP contribution in [0.5, 0.6) is 0 Å². The van der Waals surface area contributed by atoms with Crippen molar-refractivity contribution in [3.8, 4) is 0 Å². The number of nitrogen functional groups attached to an aromatic ring is 1. The number of ether oxygens (including phenoxy) is 1. The molecule has 0 aliphatic heterocycles. The second-order valence-corrected chi connectivity index (χ2v) is 2.82. The van der Waals surface area contributed by atoms with E-state index in [1.807, 2.05) is 0 Å². The number of hydrogen-bond donors (Lipinski definition) is 2. The molecular formula is C8H13N3O3. The second-order valence-electron chi connectivity index (χ2n) is 2.82. The topological polar surface area (TPSA) is 90.4 Å². The van der Waals surface area contributed by atoms with E-state index in [9.17, 15) is 4.79 Å². The van der Waals surface area contributed by atoms with E-state index in [2.05, 4.69) is 4.98 Å². The normalized spacial score (nSPS) is 12.7. The third kappa shape index (κ3) is 2.54. The molecule has 1 aromatic rings. The lowest BCUT2D eigenvalue weighted by molar-refractivity contribution is 0.0374. The van der Waals surface area contributed by atoms with Crippen molar-refractivity contribution >= 4 is 5.95 Å². The highest BCUT2D eigenvalue weighted by Crippen LogP contribution is 1.99. The Bertz CT molecular complexity index is 346. The van der Waals surface area contributed by atoms with Gasteiger partial charge in [0.15, 0.2) is 0 Å². The van der Waals surface area contributed by atoms with E-state index in [1.165, 1.54) is 19.4 Å². The largest absolute Gasteiger partial charge is 0.394 e. The van der Waals surface area contributed by atoms with Crippen molar-refractivity contribution in [1.29, 1.82) is 0 Å². The number of nitrogens with zero attached hydrogens (tertiary/aromatic N) is 2. The van der Waals surface area contributed by atoms with Gasteiger partial charge in [0.05, 0.1) is 19.3 Å². The maximum absolute atomic E-state index is 10.8. The highest BCUT2D eigenvalue weighted by Gasteiger charge is 2.07. The first-order chi connectivity index (χ1) is 6.67. The molecule has 0 aliphatic rings. The SMILES string of the molecule is COC(CO)Cn1ccc(=O)nc1N. The van der Waals surface area contributed by atoms with Crippen LogP contribution < -0.4 is 11.3 Å². The predicted molar refractivity (Wildman–Crippen MR) is 50.8 cm³/mol. The van der Waals surface area contributed by atoms with E-state index in [1.54, 1.807) is 4.57 Å². The van der Waals surface area contributed by atoms with E-state index >= 15 is 0 Å². The number of rotatable bonds is 4. The van der Waals surface area contributed by atoms with Crippen molar-refractivity contribution in [3.05, 3.63) is 22.6 Å². The molecule has 0 saturated carbocycles. The number of hydrogen-bond acceptors (Lipinski definition) is 5. The van der Waals surface area contributed by atoms with Crippen molar-refractivity contribution in [1.82, 2.24) is 9.55 Å². The summed E-state index contributed by atoms with van der Waals surface area (Å²) >= 11 is 0. The second kappa shape index (κ2) is 4.73. The monoisotopic (exact) mass is 199 g/mol. The molecule has 6 nitrogen and oxygen atoms in total. The van der Waals surface area contributed by atoms with Gasteiger partial charge in [-0.2, -0.15) is 4.98 Å². The van der Waals surface area contributed by atoms with Crippen LogP contribution in [0.15, 0.2) is 17.1 Å². The van der Waals surface area contributed by atoms with Gasteiger partial charge in [-0.3, -0.25) is 4.79 Å². The molecule has 0 saturated heterocycles. The zero-order chi connectivity index (χ0) is 10.6. The molecule has 0 bridgehead atoms. The number of methoxy groups -OCH3 is 1. The van der Waals surface area contributed by atoms with Gasteiger partial charge in [-0.15, -0.1) is 0 Å². The zero-order valence-electron chi connectivity index (χ0n) is 7.88. The number of anilines is 1. The molecule has 1 aromatic heterocycles. The molecule has 3 N–H and O–H groups in total. The average Bonchev–Trinajstić information content (AvgIpc) is 2.17. The van der Waals surface area contributed by atoms with Crippen LogP contribution in [0.25, 0.3) is 0 Å². The van der Waals surface area contributed by atoms with Crippen LogP contribution in [0.4, 0.5) is 5.95 Å². The van der Waals surface area contributed by atoms with Gasteiger partial charge in [-0.25, -0.2) is 0 Å². The Morgan fingerprint density at radius 2 is 2.50 bits per heavy atom. The fourth-order valence-corrected chi connectivity index (χ4v) is 1.03. The molecule has 1 heterocycles. The van der Waals surface area contributed by atoms with Crippen LogP contribution in [-0.4, -0.2) is 34.5 Å². The summed E-state index contributed by atoms with van der Waals surface area (Å²) in [6, 6.07) is 1.31. The highest BCUT2D eigenvalue weighted by atomic mass is 16.5. The average molecular weight is 199 g/mol. The van der Waals surface area contributed by atoms with Gasteiger partial charge in [0.2, 0.25) is 5.95 Å². The van der Waals surface area contributed by atoms with Crippen LogP contribution in [0.1, 0.15) is 0 Å². The third-order valence-electron chi connectivity index (χ3n) is 1.85. The lowest BCUT2D eigenvalue weighted by atomic mass is 10.3. The van der Waals surface area contributed by atoms with E-state index < -0.39 is 0 Å². The van der Waals surface area contributed by atoms with Crippen LogP contribution >= 0.6 is 0 Å². The summed E-state index contributed by atoms with van der Waals surface area (Å²) < 4.78 is 6.50. The first-order valence-corrected chi connectivity index (χ1v) is 4.14. The first kappa shape index (κ1) is 10.7. The molecule has 0 radical (unpaired) electrons. The molecular weight excluding hydrogens is 186 g/mol. The van der Waals surface area contributed by atoms with Gasteiger partial charge in [0, 0.05) is 19.4 Å². The molecule has 1 atom stereocenters. The number of aromatic nitrogens is 2. The molecule has 0 amide bonds. The summed E-state index contributed by atoms with van der Waals surface area (Å²) in [5.41, 5.74) is 5.12. The van der Waals surface area contributed by atoms with Crippen molar-refractivity contribution in [2.45, 2.75) is 12.6 Å². The highest BCUT2D eigenvalue weighted by molar-refractivity contribution is 5.15. The van der Waals surface area contributed by atoms with Crippen molar-refractivity contribution in [2.24, 2.45) is 0 Å². The van der Waals surface area contributed by atoms with Gasteiger partial charge < -0.3 is 20.1 Å². The summed E-state index contributed by atoms with van der Waals surface area (Å²) in [6.07, 6.45) is 1.17. The minimum atomic E-state index is -0.378. The molecule has 0 aliphatic carbocycles. The molecule has 78 valence electrons. The number of nitrogens with two attached hydrogens (primary N) is 1. The zero-order valence-corrected chi connectivity index (χ0v) is 7.88. The van der Waals surface area contributed by atoms with Crippen LogP contribution in [0, 0.1) is 0 Å². The molecule has 1 unspecified atom stereocenters. The maximum atomic E-state index is 10.8. The molecule has 0 aromatic carbocycles. The summed E-state index contributed by atoms with van der Waals surface area (Å²) in [6.45, 7) is 0.258. The standard InChI is InChI=1S/C8H13N3O3/c1-14-6(5-12)4-11-3-2-7(13)10-8(11)9/h2-3,6,12H,4-5H2,1H3,(H2,9,10,13). The molecule has 0 fully saturated rings.